The summed E-state index contributed by atoms with van der Waals surface area (Å²) in [6.45, 7) is 3.21. The van der Waals surface area contributed by atoms with E-state index in [0.717, 1.165) is 0 Å². The van der Waals surface area contributed by atoms with E-state index < -0.39 is 18.2 Å². The van der Waals surface area contributed by atoms with Gasteiger partial charge in [-0.25, -0.2) is 4.79 Å². The van der Waals surface area contributed by atoms with E-state index in [0.29, 0.717) is 12.8 Å². The van der Waals surface area contributed by atoms with Crippen LogP contribution < -0.4 is 0 Å². The number of ether oxygens (including phenoxy) is 2. The average Bonchev–Trinajstić information content (AvgIpc) is 2.13. The number of carbonyl (C=O) groups is 1. The number of hydrogen-bond donors (Lipinski definition) is 0. The van der Waals surface area contributed by atoms with Crippen molar-refractivity contribution in [3.8, 4) is 0 Å². The van der Waals surface area contributed by atoms with Crippen LogP contribution in [-0.4, -0.2) is 31.5 Å². The molecule has 0 aromatic carbocycles. The SMILES string of the molecule is CCCOC(=O)C(OCCC)C(F)(F)F. The molecule has 0 heterocycles. The molecule has 0 amide bonds. The van der Waals surface area contributed by atoms with Crippen LogP contribution in [0.5, 0.6) is 0 Å². The minimum Gasteiger partial charge on any atom is -0.464 e. The molecule has 0 aromatic rings. The molecular weight excluding hydrogens is 213 g/mol. The van der Waals surface area contributed by atoms with Crippen LogP contribution in [-0.2, 0) is 14.3 Å². The highest BCUT2D eigenvalue weighted by atomic mass is 19.4. The molecule has 15 heavy (non-hydrogen) atoms. The number of esters is 1. The number of rotatable bonds is 6. The summed E-state index contributed by atoms with van der Waals surface area (Å²) in [5.41, 5.74) is 0. The molecule has 1 unspecified atom stereocenters. The Morgan fingerprint density at radius 3 is 2.13 bits per heavy atom. The van der Waals surface area contributed by atoms with Crippen molar-refractivity contribution in [1.29, 1.82) is 0 Å². The van der Waals surface area contributed by atoms with Crippen molar-refractivity contribution in [1.82, 2.24) is 0 Å². The molecule has 0 fully saturated rings. The third kappa shape index (κ3) is 5.61. The van der Waals surface area contributed by atoms with Crippen molar-refractivity contribution >= 4 is 5.97 Å². The fourth-order valence-electron chi connectivity index (χ4n) is 0.810. The normalized spacial score (nSPS) is 13.7. The summed E-state index contributed by atoms with van der Waals surface area (Å²) < 4.78 is 45.7. The zero-order chi connectivity index (χ0) is 11.9. The molecule has 0 bridgehead atoms. The monoisotopic (exact) mass is 228 g/mol. The van der Waals surface area contributed by atoms with E-state index in [-0.39, 0.29) is 13.2 Å². The van der Waals surface area contributed by atoms with Crippen LogP contribution in [0.1, 0.15) is 26.7 Å². The summed E-state index contributed by atoms with van der Waals surface area (Å²) in [5.74, 6) is -1.36. The molecule has 0 N–H and O–H groups in total. The summed E-state index contributed by atoms with van der Waals surface area (Å²) in [5, 5.41) is 0. The molecule has 0 aliphatic heterocycles. The maximum atomic E-state index is 12.3. The van der Waals surface area contributed by atoms with E-state index in [1.54, 1.807) is 13.8 Å². The van der Waals surface area contributed by atoms with Gasteiger partial charge in [-0.3, -0.25) is 0 Å². The van der Waals surface area contributed by atoms with Gasteiger partial charge in [-0.05, 0) is 12.8 Å². The Bertz CT molecular complexity index is 192. The molecule has 0 aromatic heterocycles. The number of carbonyl (C=O) groups excluding carboxylic acids is 1. The third-order valence-corrected chi connectivity index (χ3v) is 1.45. The van der Waals surface area contributed by atoms with E-state index in [9.17, 15) is 18.0 Å². The topological polar surface area (TPSA) is 35.5 Å². The lowest BCUT2D eigenvalue weighted by atomic mass is 10.3. The van der Waals surface area contributed by atoms with E-state index >= 15 is 0 Å². The number of alkyl halides is 3. The van der Waals surface area contributed by atoms with Crippen LogP contribution in [0.4, 0.5) is 13.2 Å². The van der Waals surface area contributed by atoms with Gasteiger partial charge in [-0.1, -0.05) is 13.8 Å². The van der Waals surface area contributed by atoms with E-state index in [1.165, 1.54) is 0 Å². The first kappa shape index (κ1) is 14.2. The molecule has 3 nitrogen and oxygen atoms in total. The maximum Gasteiger partial charge on any atom is 0.425 e. The zero-order valence-electron chi connectivity index (χ0n) is 8.76. The molecule has 90 valence electrons. The lowest BCUT2D eigenvalue weighted by Gasteiger charge is -2.18. The molecular formula is C9H15F3O3. The van der Waals surface area contributed by atoms with Crippen molar-refractivity contribution < 1.29 is 27.4 Å². The largest absolute Gasteiger partial charge is 0.464 e. The second-order valence-corrected chi connectivity index (χ2v) is 2.96. The molecule has 0 spiro atoms. The molecule has 0 aliphatic rings. The van der Waals surface area contributed by atoms with E-state index in [4.69, 9.17) is 0 Å². The van der Waals surface area contributed by atoms with E-state index in [2.05, 4.69) is 9.47 Å². The Labute approximate surface area is 86.5 Å². The number of halogens is 3. The quantitative estimate of drug-likeness (QED) is 0.654. The first-order valence-corrected chi connectivity index (χ1v) is 4.78. The molecule has 0 saturated heterocycles. The van der Waals surface area contributed by atoms with Crippen molar-refractivity contribution in [2.75, 3.05) is 13.2 Å². The Morgan fingerprint density at radius 1 is 1.20 bits per heavy atom. The van der Waals surface area contributed by atoms with Gasteiger partial charge in [0.2, 0.25) is 0 Å². The Kier molecular flexibility index (Phi) is 6.31. The Morgan fingerprint density at radius 2 is 1.73 bits per heavy atom. The average molecular weight is 228 g/mol. The van der Waals surface area contributed by atoms with Crippen LogP contribution in [0.3, 0.4) is 0 Å². The zero-order valence-corrected chi connectivity index (χ0v) is 8.76. The highest BCUT2D eigenvalue weighted by molar-refractivity contribution is 5.75. The highest BCUT2D eigenvalue weighted by Crippen LogP contribution is 2.24. The van der Waals surface area contributed by atoms with Crippen LogP contribution in [0.15, 0.2) is 0 Å². The molecule has 0 rings (SSSR count). The molecule has 0 radical (unpaired) electrons. The highest BCUT2D eigenvalue weighted by Gasteiger charge is 2.47. The minimum atomic E-state index is -4.71. The van der Waals surface area contributed by atoms with Gasteiger partial charge in [-0.2, -0.15) is 13.2 Å². The smallest absolute Gasteiger partial charge is 0.425 e. The molecule has 0 saturated carbocycles. The van der Waals surface area contributed by atoms with Gasteiger partial charge in [0.25, 0.3) is 6.10 Å². The lowest BCUT2D eigenvalue weighted by molar-refractivity contribution is -0.230. The van der Waals surface area contributed by atoms with Crippen LogP contribution in [0, 0.1) is 0 Å². The fraction of sp³-hybridized carbons (Fsp3) is 0.889. The first-order chi connectivity index (χ1) is 6.93. The predicted molar refractivity (Wildman–Crippen MR) is 47.3 cm³/mol. The van der Waals surface area contributed by atoms with Crippen molar-refractivity contribution in [3.63, 3.8) is 0 Å². The standard InChI is InChI=1S/C9H15F3O3/c1-3-5-14-7(9(10,11)12)8(13)15-6-4-2/h7H,3-6H2,1-2H3. The lowest BCUT2D eigenvalue weighted by Crippen LogP contribution is -2.40. The van der Waals surface area contributed by atoms with Crippen LogP contribution >= 0.6 is 0 Å². The number of hydrogen-bond acceptors (Lipinski definition) is 3. The van der Waals surface area contributed by atoms with Crippen LogP contribution in [0.25, 0.3) is 0 Å². The van der Waals surface area contributed by atoms with Crippen molar-refractivity contribution in [2.24, 2.45) is 0 Å². The van der Waals surface area contributed by atoms with Gasteiger partial charge in [0.1, 0.15) is 0 Å². The van der Waals surface area contributed by atoms with Gasteiger partial charge in [-0.15, -0.1) is 0 Å². The minimum absolute atomic E-state index is 0.0269. The molecule has 6 heteroatoms. The first-order valence-electron chi connectivity index (χ1n) is 4.78. The second kappa shape index (κ2) is 6.66. The molecule has 0 aliphatic carbocycles. The Hall–Kier alpha value is -0.780. The summed E-state index contributed by atoms with van der Waals surface area (Å²) in [7, 11) is 0. The molecule has 1 atom stereocenters. The predicted octanol–water partition coefficient (Wildman–Crippen LogP) is 2.30. The van der Waals surface area contributed by atoms with Gasteiger partial charge >= 0.3 is 12.1 Å². The maximum absolute atomic E-state index is 12.3. The van der Waals surface area contributed by atoms with Gasteiger partial charge in [0.05, 0.1) is 6.61 Å². The van der Waals surface area contributed by atoms with Gasteiger partial charge in [0, 0.05) is 6.61 Å². The summed E-state index contributed by atoms with van der Waals surface area (Å²) >= 11 is 0. The van der Waals surface area contributed by atoms with Crippen molar-refractivity contribution in [2.45, 2.75) is 39.0 Å². The second-order valence-electron chi connectivity index (χ2n) is 2.96. The fourth-order valence-corrected chi connectivity index (χ4v) is 0.810. The summed E-state index contributed by atoms with van der Waals surface area (Å²) in [6, 6.07) is 0. The summed E-state index contributed by atoms with van der Waals surface area (Å²) in [4.78, 5) is 11.0. The van der Waals surface area contributed by atoms with Gasteiger partial charge in [0.15, 0.2) is 0 Å². The van der Waals surface area contributed by atoms with Crippen LogP contribution in [0.2, 0.25) is 0 Å². The van der Waals surface area contributed by atoms with Gasteiger partial charge < -0.3 is 9.47 Å². The third-order valence-electron chi connectivity index (χ3n) is 1.45. The van der Waals surface area contributed by atoms with Crippen molar-refractivity contribution in [3.05, 3.63) is 0 Å². The Balaban J connectivity index is 4.28. The summed E-state index contributed by atoms with van der Waals surface area (Å²) in [6.07, 6.45) is -6.28. The van der Waals surface area contributed by atoms with E-state index in [1.807, 2.05) is 0 Å².